The zero-order chi connectivity index (χ0) is 23.5. The van der Waals surface area contributed by atoms with Crippen LogP contribution in [0, 0.1) is 12.8 Å². The molecule has 10 heteroatoms. The summed E-state index contributed by atoms with van der Waals surface area (Å²) in [7, 11) is -3.98. The van der Waals surface area contributed by atoms with Gasteiger partial charge in [-0.1, -0.05) is 17.7 Å². The van der Waals surface area contributed by atoms with Crippen molar-refractivity contribution in [2.45, 2.75) is 31.6 Å². The quantitative estimate of drug-likeness (QED) is 0.577. The van der Waals surface area contributed by atoms with Gasteiger partial charge >= 0.3 is 11.9 Å². The molecule has 0 aliphatic carbocycles. The average molecular weight is 481 g/mol. The lowest BCUT2D eigenvalue weighted by atomic mass is 9.97. The van der Waals surface area contributed by atoms with Crippen LogP contribution in [0.4, 0.5) is 11.4 Å². The number of halogens is 1. The molecule has 1 aliphatic heterocycles. The van der Waals surface area contributed by atoms with Crippen molar-refractivity contribution in [3.8, 4) is 0 Å². The SMILES string of the molecule is CCOC(=O)[C@@H]1CCCN(c2ccc(NS(=O)(=O)c3cccc(Cl)c3C)cc2C(=O)O)C1. The van der Waals surface area contributed by atoms with Crippen LogP contribution in [0.3, 0.4) is 0 Å². The Morgan fingerprint density at radius 1 is 1.28 bits per heavy atom. The van der Waals surface area contributed by atoms with Crippen LogP contribution in [0.15, 0.2) is 41.3 Å². The van der Waals surface area contributed by atoms with Crippen molar-refractivity contribution < 1.29 is 27.9 Å². The van der Waals surface area contributed by atoms with Gasteiger partial charge in [0.1, 0.15) is 0 Å². The van der Waals surface area contributed by atoms with E-state index in [1.54, 1.807) is 26.0 Å². The van der Waals surface area contributed by atoms with Gasteiger partial charge in [-0.25, -0.2) is 13.2 Å². The Balaban J connectivity index is 1.89. The zero-order valence-corrected chi connectivity index (χ0v) is 19.4. The number of sulfonamides is 1. The van der Waals surface area contributed by atoms with E-state index in [1.165, 1.54) is 24.3 Å². The van der Waals surface area contributed by atoms with Crippen molar-refractivity contribution in [1.29, 1.82) is 0 Å². The number of nitrogens with one attached hydrogen (secondary N) is 1. The summed E-state index contributed by atoms with van der Waals surface area (Å²) in [6.45, 7) is 4.55. The molecular weight excluding hydrogens is 456 g/mol. The summed E-state index contributed by atoms with van der Waals surface area (Å²) in [6, 6.07) is 8.90. The summed E-state index contributed by atoms with van der Waals surface area (Å²) in [5.41, 5.74) is 0.880. The molecule has 8 nitrogen and oxygen atoms in total. The second-order valence-electron chi connectivity index (χ2n) is 7.54. The smallest absolute Gasteiger partial charge is 0.337 e. The number of ether oxygens (including phenoxy) is 1. The van der Waals surface area contributed by atoms with Crippen molar-refractivity contribution in [2.75, 3.05) is 29.3 Å². The fourth-order valence-corrected chi connectivity index (χ4v) is 5.33. The number of carbonyl (C=O) groups excluding carboxylic acids is 1. The minimum atomic E-state index is -3.98. The highest BCUT2D eigenvalue weighted by atomic mass is 35.5. The molecule has 0 amide bonds. The normalized spacial score (nSPS) is 16.5. The van der Waals surface area contributed by atoms with Crippen LogP contribution in [0.2, 0.25) is 5.02 Å². The van der Waals surface area contributed by atoms with Gasteiger partial charge in [-0.15, -0.1) is 0 Å². The average Bonchev–Trinajstić information content (AvgIpc) is 2.75. The zero-order valence-electron chi connectivity index (χ0n) is 17.8. The molecule has 2 N–H and O–H groups in total. The highest BCUT2D eigenvalue weighted by Gasteiger charge is 2.29. The molecule has 2 aromatic carbocycles. The molecule has 1 fully saturated rings. The van der Waals surface area contributed by atoms with E-state index in [1.807, 2.05) is 4.90 Å². The number of hydrogen-bond donors (Lipinski definition) is 2. The van der Waals surface area contributed by atoms with Crippen LogP contribution in [0.25, 0.3) is 0 Å². The van der Waals surface area contributed by atoms with Gasteiger partial charge in [-0.2, -0.15) is 0 Å². The van der Waals surface area contributed by atoms with Crippen molar-refractivity contribution >= 4 is 44.9 Å². The molecule has 0 aromatic heterocycles. The Labute approximate surface area is 192 Å². The predicted octanol–water partition coefficient (Wildman–Crippen LogP) is 3.93. The number of carboxylic acid groups (broad SMARTS) is 1. The number of piperidine rings is 1. The van der Waals surface area contributed by atoms with Gasteiger partial charge in [-0.05, 0) is 62.6 Å². The number of nitrogens with zero attached hydrogens (tertiary/aromatic N) is 1. The van der Waals surface area contributed by atoms with Crippen LogP contribution < -0.4 is 9.62 Å². The molecule has 0 spiro atoms. The minimum Gasteiger partial charge on any atom is -0.478 e. The topological polar surface area (TPSA) is 113 Å². The van der Waals surface area contributed by atoms with Crippen molar-refractivity contribution in [3.05, 3.63) is 52.5 Å². The third kappa shape index (κ3) is 5.16. The van der Waals surface area contributed by atoms with E-state index < -0.39 is 16.0 Å². The Morgan fingerprint density at radius 2 is 2.03 bits per heavy atom. The second kappa shape index (κ2) is 9.79. The maximum absolute atomic E-state index is 12.8. The third-order valence-corrected chi connectivity index (χ3v) is 7.30. The van der Waals surface area contributed by atoms with E-state index in [9.17, 15) is 23.1 Å². The lowest BCUT2D eigenvalue weighted by molar-refractivity contribution is -0.148. The predicted molar refractivity (Wildman–Crippen MR) is 122 cm³/mol. The summed E-state index contributed by atoms with van der Waals surface area (Å²) in [4.78, 5) is 25.9. The first kappa shape index (κ1) is 23.9. The molecule has 1 aliphatic rings. The monoisotopic (exact) mass is 480 g/mol. The summed E-state index contributed by atoms with van der Waals surface area (Å²) < 4.78 is 33.2. The number of benzene rings is 2. The standard InChI is InChI=1S/C22H25ClN2O6S/c1-3-31-22(28)15-6-5-11-25(13-15)19-10-9-16(12-17(19)21(26)27)24-32(29,30)20-8-4-7-18(23)14(20)2/h4,7-10,12,15,24H,3,5-6,11,13H2,1-2H3,(H,26,27)/t15-/m1/s1. The van der Waals surface area contributed by atoms with E-state index in [0.29, 0.717) is 42.2 Å². The fourth-order valence-electron chi connectivity index (χ4n) is 3.78. The number of aromatic carboxylic acids is 1. The van der Waals surface area contributed by atoms with E-state index in [0.717, 1.165) is 0 Å². The second-order valence-corrected chi connectivity index (χ2v) is 9.60. The fraction of sp³-hybridized carbons (Fsp3) is 0.364. The third-order valence-electron chi connectivity index (χ3n) is 5.37. The first-order valence-corrected chi connectivity index (χ1v) is 12.1. The Hall–Kier alpha value is -2.78. The molecule has 3 rings (SSSR count). The molecule has 2 aromatic rings. The highest BCUT2D eigenvalue weighted by molar-refractivity contribution is 7.92. The van der Waals surface area contributed by atoms with Crippen LogP contribution in [-0.4, -0.2) is 45.2 Å². The summed E-state index contributed by atoms with van der Waals surface area (Å²) in [5.74, 6) is -1.83. The van der Waals surface area contributed by atoms with Crippen LogP contribution >= 0.6 is 11.6 Å². The van der Waals surface area contributed by atoms with Crippen molar-refractivity contribution in [1.82, 2.24) is 0 Å². The number of hydrogen-bond acceptors (Lipinski definition) is 6. The Morgan fingerprint density at radius 3 is 2.72 bits per heavy atom. The molecule has 172 valence electrons. The molecule has 1 saturated heterocycles. The van der Waals surface area contributed by atoms with Crippen molar-refractivity contribution in [2.24, 2.45) is 5.92 Å². The number of rotatable bonds is 7. The molecule has 0 bridgehead atoms. The molecule has 0 radical (unpaired) electrons. The highest BCUT2D eigenvalue weighted by Crippen LogP contribution is 2.31. The Bertz CT molecular complexity index is 1140. The van der Waals surface area contributed by atoms with Crippen LogP contribution in [0.1, 0.15) is 35.7 Å². The van der Waals surface area contributed by atoms with Gasteiger partial charge < -0.3 is 14.7 Å². The molecule has 1 atom stereocenters. The summed E-state index contributed by atoms with van der Waals surface area (Å²) in [5, 5.41) is 10.1. The minimum absolute atomic E-state index is 0.0132. The largest absolute Gasteiger partial charge is 0.478 e. The van der Waals surface area contributed by atoms with Gasteiger partial charge in [0.2, 0.25) is 0 Å². The van der Waals surface area contributed by atoms with Gasteiger partial charge in [0.25, 0.3) is 10.0 Å². The van der Waals surface area contributed by atoms with Crippen molar-refractivity contribution in [3.63, 3.8) is 0 Å². The number of anilines is 2. The molecule has 32 heavy (non-hydrogen) atoms. The molecule has 1 heterocycles. The lowest BCUT2D eigenvalue weighted by Crippen LogP contribution is -2.40. The van der Waals surface area contributed by atoms with Crippen LogP contribution in [-0.2, 0) is 19.6 Å². The summed E-state index contributed by atoms with van der Waals surface area (Å²) in [6.07, 6.45) is 1.39. The van der Waals surface area contributed by atoms with E-state index in [-0.39, 0.29) is 34.6 Å². The first-order valence-electron chi connectivity index (χ1n) is 10.2. The molecule has 0 unspecified atom stereocenters. The van der Waals surface area contributed by atoms with Gasteiger partial charge in [0.05, 0.1) is 28.7 Å². The maximum Gasteiger partial charge on any atom is 0.337 e. The Kier molecular flexibility index (Phi) is 7.30. The molecular formula is C22H25ClN2O6S. The van der Waals surface area contributed by atoms with Crippen LogP contribution in [0.5, 0.6) is 0 Å². The summed E-state index contributed by atoms with van der Waals surface area (Å²) >= 11 is 6.04. The number of carbonyl (C=O) groups is 2. The van der Waals surface area contributed by atoms with Gasteiger partial charge in [-0.3, -0.25) is 9.52 Å². The maximum atomic E-state index is 12.8. The number of esters is 1. The van der Waals surface area contributed by atoms with Gasteiger partial charge in [0, 0.05) is 23.8 Å². The van der Waals surface area contributed by atoms with E-state index >= 15 is 0 Å². The number of carboxylic acids is 1. The van der Waals surface area contributed by atoms with E-state index in [2.05, 4.69) is 4.72 Å². The first-order chi connectivity index (χ1) is 15.1. The van der Waals surface area contributed by atoms with Gasteiger partial charge in [0.15, 0.2) is 0 Å². The van der Waals surface area contributed by atoms with E-state index in [4.69, 9.17) is 16.3 Å². The molecule has 0 saturated carbocycles. The lowest BCUT2D eigenvalue weighted by Gasteiger charge is -2.34.